The van der Waals surface area contributed by atoms with Crippen LogP contribution in [-0.4, -0.2) is 32.5 Å². The fraction of sp³-hybridized carbons (Fsp3) is 0.406. The molecule has 0 saturated heterocycles. The number of hydrogen-bond donors (Lipinski definition) is 2. The van der Waals surface area contributed by atoms with Crippen molar-refractivity contribution in [2.24, 2.45) is 0 Å². The first-order valence-corrected chi connectivity index (χ1v) is 18.2. The van der Waals surface area contributed by atoms with E-state index in [0.717, 1.165) is 29.8 Å². The van der Waals surface area contributed by atoms with Gasteiger partial charge in [0.2, 0.25) is 0 Å². The molecule has 0 aromatic heterocycles. The predicted molar refractivity (Wildman–Crippen MR) is 171 cm³/mol. The Morgan fingerprint density at radius 1 is 0.660 bits per heavy atom. The standard InChI is InChI=1S/C32H40F4N2O7P2/c1-5-42-46(40,43-6-2)31(33,34)27-18-14-24(15-19-27)22-29(38-30(39)37-23-25-12-10-9-11-13-25)26-16-20-28(21-17-26)32(35,36)47(41,44-7-3)45-8-4/h9-21,29H,5-8,22-23H2,1-4H3,(H2,37,38,39). The molecule has 0 aliphatic carbocycles. The number of benzene rings is 3. The summed E-state index contributed by atoms with van der Waals surface area (Å²) in [7, 11) is -9.67. The highest BCUT2D eigenvalue weighted by Gasteiger charge is 2.55. The molecule has 0 aliphatic rings. The van der Waals surface area contributed by atoms with Crippen LogP contribution in [0, 0.1) is 0 Å². The highest BCUT2D eigenvalue weighted by atomic mass is 31.2. The number of halogens is 4. The van der Waals surface area contributed by atoms with Crippen LogP contribution in [0.2, 0.25) is 0 Å². The van der Waals surface area contributed by atoms with Crippen LogP contribution >= 0.6 is 15.2 Å². The molecule has 0 radical (unpaired) electrons. The van der Waals surface area contributed by atoms with Crippen LogP contribution in [0.25, 0.3) is 0 Å². The van der Waals surface area contributed by atoms with Gasteiger partial charge in [-0.2, -0.15) is 17.6 Å². The average Bonchev–Trinajstić information content (AvgIpc) is 3.04. The molecule has 3 aromatic rings. The summed E-state index contributed by atoms with van der Waals surface area (Å²) in [4.78, 5) is 12.9. The second-order valence-electron chi connectivity index (χ2n) is 10.1. The van der Waals surface area contributed by atoms with Crippen molar-refractivity contribution in [2.45, 2.75) is 58.0 Å². The molecule has 0 bridgehead atoms. The van der Waals surface area contributed by atoms with E-state index >= 15 is 17.6 Å². The zero-order valence-electron chi connectivity index (χ0n) is 26.6. The smallest absolute Gasteiger partial charge is 0.334 e. The van der Waals surface area contributed by atoms with E-state index in [0.29, 0.717) is 11.1 Å². The molecular weight excluding hydrogens is 662 g/mol. The number of alkyl halides is 4. The van der Waals surface area contributed by atoms with Gasteiger partial charge in [0.25, 0.3) is 0 Å². The molecule has 3 aromatic carbocycles. The summed E-state index contributed by atoms with van der Waals surface area (Å²) >= 11 is 0. The molecule has 47 heavy (non-hydrogen) atoms. The summed E-state index contributed by atoms with van der Waals surface area (Å²) in [5, 5.41) is 5.55. The Morgan fingerprint density at radius 3 is 1.51 bits per heavy atom. The van der Waals surface area contributed by atoms with Crippen molar-refractivity contribution in [1.82, 2.24) is 10.6 Å². The Morgan fingerprint density at radius 2 is 1.09 bits per heavy atom. The van der Waals surface area contributed by atoms with Gasteiger partial charge in [-0.3, -0.25) is 9.13 Å². The Labute approximate surface area is 272 Å². The van der Waals surface area contributed by atoms with Crippen LogP contribution < -0.4 is 10.6 Å². The van der Waals surface area contributed by atoms with E-state index in [1.54, 1.807) is 0 Å². The minimum absolute atomic E-state index is 0.0608. The lowest BCUT2D eigenvalue weighted by Gasteiger charge is -2.27. The predicted octanol–water partition coefficient (Wildman–Crippen LogP) is 9.10. The summed E-state index contributed by atoms with van der Waals surface area (Å²) in [6, 6.07) is 17.5. The Balaban J connectivity index is 1.91. The average molecular weight is 703 g/mol. The highest BCUT2D eigenvalue weighted by molar-refractivity contribution is 7.55. The SMILES string of the molecule is CCOP(=O)(OCC)C(F)(F)c1ccc(CC(NC(=O)NCc2ccccc2)c2ccc(C(F)(F)P(=O)(OCC)OCC)cc2)cc1. The minimum Gasteiger partial charge on any atom is -0.334 e. The van der Waals surface area contributed by atoms with Crippen LogP contribution in [0.5, 0.6) is 0 Å². The van der Waals surface area contributed by atoms with Crippen LogP contribution in [0.3, 0.4) is 0 Å². The number of urea groups is 1. The normalized spacial score (nSPS) is 13.3. The fourth-order valence-corrected chi connectivity index (χ4v) is 7.72. The number of amides is 2. The molecule has 258 valence electrons. The summed E-state index contributed by atoms with van der Waals surface area (Å²) < 4.78 is 107. The highest BCUT2D eigenvalue weighted by Crippen LogP contribution is 2.67. The third-order valence-electron chi connectivity index (χ3n) is 6.89. The quantitative estimate of drug-likeness (QED) is 0.100. The van der Waals surface area contributed by atoms with Crippen molar-refractivity contribution in [2.75, 3.05) is 26.4 Å². The molecule has 9 nitrogen and oxygen atoms in total. The van der Waals surface area contributed by atoms with Gasteiger partial charge in [0.05, 0.1) is 32.5 Å². The first kappa shape index (κ1) is 38.4. The van der Waals surface area contributed by atoms with Crippen molar-refractivity contribution in [3.05, 3.63) is 107 Å². The lowest BCUT2D eigenvalue weighted by molar-refractivity contribution is 0.0360. The lowest BCUT2D eigenvalue weighted by Crippen LogP contribution is -2.38. The molecule has 0 spiro atoms. The van der Waals surface area contributed by atoms with E-state index in [9.17, 15) is 13.9 Å². The van der Waals surface area contributed by atoms with Gasteiger partial charge in [0.15, 0.2) is 0 Å². The maximum atomic E-state index is 15.4. The molecule has 1 atom stereocenters. The van der Waals surface area contributed by atoms with Gasteiger partial charge in [-0.05, 0) is 50.8 Å². The van der Waals surface area contributed by atoms with Crippen molar-refractivity contribution in [3.8, 4) is 0 Å². The summed E-state index contributed by atoms with van der Waals surface area (Å²) in [5.74, 6) is 0. The van der Waals surface area contributed by atoms with Crippen molar-refractivity contribution in [1.29, 1.82) is 0 Å². The van der Waals surface area contributed by atoms with E-state index in [1.165, 1.54) is 52.0 Å². The summed E-state index contributed by atoms with van der Waals surface area (Å²) in [6.07, 6.45) is 0.0608. The lowest BCUT2D eigenvalue weighted by atomic mass is 9.97. The number of hydrogen-bond acceptors (Lipinski definition) is 7. The number of rotatable bonds is 18. The van der Waals surface area contributed by atoms with Gasteiger partial charge >= 0.3 is 32.5 Å². The topological polar surface area (TPSA) is 112 Å². The van der Waals surface area contributed by atoms with Gasteiger partial charge in [0.1, 0.15) is 0 Å². The maximum absolute atomic E-state index is 15.4. The van der Waals surface area contributed by atoms with Gasteiger partial charge in [-0.25, -0.2) is 4.79 Å². The molecule has 2 amide bonds. The van der Waals surface area contributed by atoms with E-state index < -0.39 is 49.7 Å². The first-order valence-electron chi connectivity index (χ1n) is 15.1. The van der Waals surface area contributed by atoms with Crippen LogP contribution in [-0.2, 0) is 51.5 Å². The fourth-order valence-electron chi connectivity index (χ4n) is 4.63. The molecule has 3 rings (SSSR count). The van der Waals surface area contributed by atoms with Crippen molar-refractivity contribution >= 4 is 21.2 Å². The van der Waals surface area contributed by atoms with Crippen LogP contribution in [0.4, 0.5) is 22.4 Å². The molecule has 2 N–H and O–H groups in total. The van der Waals surface area contributed by atoms with Crippen molar-refractivity contribution in [3.63, 3.8) is 0 Å². The van der Waals surface area contributed by atoms with E-state index in [1.807, 2.05) is 30.3 Å². The third-order valence-corrected chi connectivity index (χ3v) is 11.2. The van der Waals surface area contributed by atoms with Gasteiger partial charge in [-0.1, -0.05) is 78.9 Å². The van der Waals surface area contributed by atoms with Crippen LogP contribution in [0.15, 0.2) is 78.9 Å². The van der Waals surface area contributed by atoms with Crippen LogP contribution in [0.1, 0.15) is 61.6 Å². The zero-order chi connectivity index (χ0) is 34.7. The molecule has 0 heterocycles. The van der Waals surface area contributed by atoms with E-state index in [4.69, 9.17) is 18.1 Å². The van der Waals surface area contributed by atoms with E-state index in [-0.39, 0.29) is 39.4 Å². The minimum atomic E-state index is -4.85. The molecular formula is C32H40F4N2O7P2. The summed E-state index contributed by atoms with van der Waals surface area (Å²) in [6.45, 7) is 4.91. The summed E-state index contributed by atoms with van der Waals surface area (Å²) in [5.41, 5.74) is -7.37. The van der Waals surface area contributed by atoms with E-state index in [2.05, 4.69) is 10.6 Å². The molecule has 0 aliphatic heterocycles. The van der Waals surface area contributed by atoms with Crippen molar-refractivity contribution < 1.29 is 49.6 Å². The molecule has 15 heteroatoms. The Bertz CT molecular complexity index is 1510. The zero-order valence-corrected chi connectivity index (χ0v) is 28.4. The number of nitrogens with one attached hydrogen (secondary N) is 2. The van der Waals surface area contributed by atoms with Gasteiger partial charge < -0.3 is 28.7 Å². The Kier molecular flexibility index (Phi) is 13.8. The monoisotopic (exact) mass is 702 g/mol. The maximum Gasteiger partial charge on any atom is 0.404 e. The second-order valence-corrected chi connectivity index (χ2v) is 14.3. The molecule has 0 fully saturated rings. The molecule has 0 saturated carbocycles. The number of carbonyl (C=O) groups excluding carboxylic acids is 1. The Hall–Kier alpha value is -3.05. The second kappa shape index (κ2) is 16.9. The molecule has 1 unspecified atom stereocenters. The first-order chi connectivity index (χ1) is 22.3. The largest absolute Gasteiger partial charge is 0.404 e. The third kappa shape index (κ3) is 9.31. The van der Waals surface area contributed by atoms with Gasteiger partial charge in [0, 0.05) is 17.7 Å². The number of carbonyl (C=O) groups is 1. The van der Waals surface area contributed by atoms with Gasteiger partial charge in [-0.15, -0.1) is 0 Å².